The molecule has 1 rings (SSSR count). The zero-order valence-corrected chi connectivity index (χ0v) is 12.0. The Labute approximate surface area is 110 Å². The Bertz CT molecular complexity index is 329. The van der Waals surface area contributed by atoms with Gasteiger partial charge in [-0.15, -0.1) is 11.6 Å². The first-order chi connectivity index (χ1) is 8.06. The van der Waals surface area contributed by atoms with Crippen LogP contribution in [0.25, 0.3) is 0 Å². The predicted octanol–water partition coefficient (Wildman–Crippen LogP) is 4.16. The first-order valence-corrected chi connectivity index (χ1v) is 6.83. The Kier molecular flexibility index (Phi) is 5.76. The molecule has 3 heteroatoms. The molecule has 0 spiro atoms. The Morgan fingerprint density at radius 1 is 1.24 bits per heavy atom. The monoisotopic (exact) mass is 254 g/mol. The number of pyridine rings is 1. The van der Waals surface area contributed by atoms with E-state index in [4.69, 9.17) is 11.6 Å². The van der Waals surface area contributed by atoms with Crippen molar-refractivity contribution in [3.05, 3.63) is 23.9 Å². The summed E-state index contributed by atoms with van der Waals surface area (Å²) in [6.07, 6.45) is 1.80. The minimum atomic E-state index is 0.504. The standard InChI is InChI=1S/C14H23ClN2/c1-10(2)13(11(3)4)9-17-14-12(8-15)6-5-7-16-14/h5-7,10-11,13H,8-9H2,1-4H3,(H,16,17). The van der Waals surface area contributed by atoms with E-state index in [1.54, 1.807) is 6.20 Å². The van der Waals surface area contributed by atoms with Crippen molar-refractivity contribution in [3.8, 4) is 0 Å². The first-order valence-electron chi connectivity index (χ1n) is 6.30. The van der Waals surface area contributed by atoms with Crippen LogP contribution in [0.1, 0.15) is 33.3 Å². The summed E-state index contributed by atoms with van der Waals surface area (Å²) in [6, 6.07) is 3.94. The molecule has 0 unspecified atom stereocenters. The zero-order chi connectivity index (χ0) is 12.8. The summed E-state index contributed by atoms with van der Waals surface area (Å²) in [5.74, 6) is 3.43. The van der Waals surface area contributed by atoms with E-state index >= 15 is 0 Å². The number of anilines is 1. The van der Waals surface area contributed by atoms with Crippen LogP contribution in [-0.4, -0.2) is 11.5 Å². The van der Waals surface area contributed by atoms with E-state index in [9.17, 15) is 0 Å². The molecule has 0 aromatic carbocycles. The van der Waals surface area contributed by atoms with E-state index in [2.05, 4.69) is 38.0 Å². The normalized spacial score (nSPS) is 11.5. The van der Waals surface area contributed by atoms with Crippen molar-refractivity contribution >= 4 is 17.4 Å². The topological polar surface area (TPSA) is 24.9 Å². The van der Waals surface area contributed by atoms with Crippen LogP contribution < -0.4 is 5.32 Å². The summed E-state index contributed by atoms with van der Waals surface area (Å²) in [5.41, 5.74) is 1.07. The minimum absolute atomic E-state index is 0.504. The smallest absolute Gasteiger partial charge is 0.130 e. The maximum Gasteiger partial charge on any atom is 0.130 e. The second-order valence-corrected chi connectivity index (χ2v) is 5.44. The molecule has 2 nitrogen and oxygen atoms in total. The maximum atomic E-state index is 5.89. The van der Waals surface area contributed by atoms with Gasteiger partial charge in [-0.1, -0.05) is 33.8 Å². The lowest BCUT2D eigenvalue weighted by atomic mass is 9.85. The highest BCUT2D eigenvalue weighted by Gasteiger charge is 2.17. The first kappa shape index (κ1) is 14.3. The predicted molar refractivity (Wildman–Crippen MR) is 75.4 cm³/mol. The number of nitrogens with one attached hydrogen (secondary N) is 1. The number of alkyl halides is 1. The quantitative estimate of drug-likeness (QED) is 0.771. The molecule has 96 valence electrons. The molecule has 0 saturated carbocycles. The molecule has 1 heterocycles. The largest absolute Gasteiger partial charge is 0.370 e. The second-order valence-electron chi connectivity index (χ2n) is 5.18. The average molecular weight is 255 g/mol. The Balaban J connectivity index is 2.65. The fourth-order valence-electron chi connectivity index (χ4n) is 2.16. The van der Waals surface area contributed by atoms with Gasteiger partial charge < -0.3 is 5.32 Å². The van der Waals surface area contributed by atoms with Gasteiger partial charge in [-0.25, -0.2) is 4.98 Å². The molecule has 0 bridgehead atoms. The van der Waals surface area contributed by atoms with Crippen LogP contribution in [0, 0.1) is 17.8 Å². The lowest BCUT2D eigenvalue weighted by Crippen LogP contribution is -2.25. The molecule has 0 aliphatic carbocycles. The van der Waals surface area contributed by atoms with Gasteiger partial charge in [0.05, 0.1) is 5.88 Å². The van der Waals surface area contributed by atoms with E-state index in [1.165, 1.54) is 0 Å². The van der Waals surface area contributed by atoms with Crippen molar-refractivity contribution in [1.82, 2.24) is 4.98 Å². The molecule has 0 amide bonds. The third kappa shape index (κ3) is 4.19. The molecule has 17 heavy (non-hydrogen) atoms. The van der Waals surface area contributed by atoms with Crippen LogP contribution in [-0.2, 0) is 5.88 Å². The number of nitrogens with zero attached hydrogens (tertiary/aromatic N) is 1. The van der Waals surface area contributed by atoms with E-state index in [-0.39, 0.29) is 0 Å². The molecule has 0 saturated heterocycles. The van der Waals surface area contributed by atoms with Gasteiger partial charge in [-0.2, -0.15) is 0 Å². The van der Waals surface area contributed by atoms with Crippen LogP contribution in [0.4, 0.5) is 5.82 Å². The molecule has 0 aliphatic heterocycles. The lowest BCUT2D eigenvalue weighted by molar-refractivity contribution is 0.304. The fourth-order valence-corrected chi connectivity index (χ4v) is 2.38. The third-order valence-electron chi connectivity index (χ3n) is 3.25. The van der Waals surface area contributed by atoms with E-state index in [1.807, 2.05) is 12.1 Å². The number of halogens is 1. The zero-order valence-electron chi connectivity index (χ0n) is 11.2. The van der Waals surface area contributed by atoms with Gasteiger partial charge in [0.2, 0.25) is 0 Å². The molecule has 0 fully saturated rings. The van der Waals surface area contributed by atoms with Gasteiger partial charge in [0.15, 0.2) is 0 Å². The molecule has 1 aromatic heterocycles. The van der Waals surface area contributed by atoms with Crippen molar-refractivity contribution in [2.75, 3.05) is 11.9 Å². The van der Waals surface area contributed by atoms with Crippen LogP contribution in [0.2, 0.25) is 0 Å². The highest BCUT2D eigenvalue weighted by molar-refractivity contribution is 6.17. The van der Waals surface area contributed by atoms with Gasteiger partial charge in [-0.05, 0) is 23.8 Å². The molecular weight excluding hydrogens is 232 g/mol. The summed E-state index contributed by atoms with van der Waals surface area (Å²) >= 11 is 5.89. The Morgan fingerprint density at radius 3 is 2.41 bits per heavy atom. The van der Waals surface area contributed by atoms with Gasteiger partial charge >= 0.3 is 0 Å². The molecule has 0 aliphatic rings. The number of aromatic nitrogens is 1. The summed E-state index contributed by atoms with van der Waals surface area (Å²) in [7, 11) is 0. The summed E-state index contributed by atoms with van der Waals surface area (Å²) in [6.45, 7) is 10.0. The van der Waals surface area contributed by atoms with Crippen LogP contribution in [0.5, 0.6) is 0 Å². The second kappa shape index (κ2) is 6.85. The molecule has 1 aromatic rings. The van der Waals surface area contributed by atoms with E-state index in [0.29, 0.717) is 23.6 Å². The molecule has 0 radical (unpaired) electrons. The number of hydrogen-bond donors (Lipinski definition) is 1. The highest BCUT2D eigenvalue weighted by atomic mass is 35.5. The third-order valence-corrected chi connectivity index (χ3v) is 3.54. The minimum Gasteiger partial charge on any atom is -0.370 e. The summed E-state index contributed by atoms with van der Waals surface area (Å²) < 4.78 is 0. The average Bonchev–Trinajstić information content (AvgIpc) is 2.29. The summed E-state index contributed by atoms with van der Waals surface area (Å²) in [4.78, 5) is 4.34. The van der Waals surface area contributed by atoms with Gasteiger partial charge in [0, 0.05) is 18.3 Å². The van der Waals surface area contributed by atoms with Gasteiger partial charge in [0.25, 0.3) is 0 Å². The van der Waals surface area contributed by atoms with Crippen LogP contribution >= 0.6 is 11.6 Å². The van der Waals surface area contributed by atoms with Crippen molar-refractivity contribution < 1.29 is 0 Å². The Hall–Kier alpha value is -0.760. The van der Waals surface area contributed by atoms with Crippen molar-refractivity contribution in [2.24, 2.45) is 17.8 Å². The van der Waals surface area contributed by atoms with Gasteiger partial charge in [-0.3, -0.25) is 0 Å². The molecule has 0 atom stereocenters. The molecule has 1 N–H and O–H groups in total. The van der Waals surface area contributed by atoms with Gasteiger partial charge in [0.1, 0.15) is 5.82 Å². The van der Waals surface area contributed by atoms with E-state index < -0.39 is 0 Å². The number of rotatable bonds is 6. The van der Waals surface area contributed by atoms with Crippen LogP contribution in [0.15, 0.2) is 18.3 Å². The highest BCUT2D eigenvalue weighted by Crippen LogP contribution is 2.22. The number of hydrogen-bond acceptors (Lipinski definition) is 2. The molecular formula is C14H23ClN2. The SMILES string of the molecule is CC(C)C(CNc1ncccc1CCl)C(C)C. The van der Waals surface area contributed by atoms with Crippen molar-refractivity contribution in [2.45, 2.75) is 33.6 Å². The van der Waals surface area contributed by atoms with Crippen molar-refractivity contribution in [1.29, 1.82) is 0 Å². The van der Waals surface area contributed by atoms with Crippen molar-refractivity contribution in [3.63, 3.8) is 0 Å². The van der Waals surface area contributed by atoms with Crippen LogP contribution in [0.3, 0.4) is 0 Å². The maximum absolute atomic E-state index is 5.89. The Morgan fingerprint density at radius 2 is 1.88 bits per heavy atom. The van der Waals surface area contributed by atoms with E-state index in [0.717, 1.165) is 17.9 Å². The lowest BCUT2D eigenvalue weighted by Gasteiger charge is -2.25. The fraction of sp³-hybridized carbons (Fsp3) is 0.643. The summed E-state index contributed by atoms with van der Waals surface area (Å²) in [5, 5.41) is 3.43.